The first-order chi connectivity index (χ1) is 31.8. The molecule has 0 amide bonds. The third kappa shape index (κ3) is 5.33. The van der Waals surface area contributed by atoms with Crippen molar-refractivity contribution in [2.24, 2.45) is 0 Å². The first-order valence-electron chi connectivity index (χ1n) is 22.0. The molecule has 0 aliphatic carbocycles. The number of hydrogen-bond donors (Lipinski definition) is 0. The number of fused-ring (bicyclic) bond motifs is 9. The Hall–Kier alpha value is -8.18. The summed E-state index contributed by atoms with van der Waals surface area (Å²) in [6, 6.07) is 89.2. The molecule has 0 bridgehead atoms. The monoisotopic (exact) mass is 832 g/mol. The van der Waals surface area contributed by atoms with Crippen LogP contribution in [0.2, 0.25) is 0 Å². The van der Waals surface area contributed by atoms with Crippen LogP contribution in [0.3, 0.4) is 0 Å². The number of para-hydroxylation sites is 4. The molecule has 4 heteroatoms. The molecule has 10 aromatic carbocycles. The molecule has 3 aromatic heterocycles. The van der Waals surface area contributed by atoms with E-state index in [-0.39, 0.29) is 0 Å². The molecule has 0 aliphatic rings. The number of hydrogen-bond acceptors (Lipinski definition) is 1. The van der Waals surface area contributed by atoms with Crippen LogP contribution in [0.1, 0.15) is 0 Å². The molecule has 0 N–H and O–H groups in total. The molecule has 300 valence electrons. The van der Waals surface area contributed by atoms with Crippen LogP contribution < -0.4 is 20.7 Å². The fourth-order valence-electron chi connectivity index (χ4n) is 10.8. The zero-order valence-corrected chi connectivity index (χ0v) is 35.9. The van der Waals surface area contributed by atoms with E-state index in [2.05, 4.69) is 246 Å². The fourth-order valence-corrected chi connectivity index (χ4v) is 15.5. The summed E-state index contributed by atoms with van der Waals surface area (Å²) in [7, 11) is -2.71. The first kappa shape index (κ1) is 36.5. The molecule has 0 radical (unpaired) electrons. The predicted octanol–water partition coefficient (Wildman–Crippen LogP) is 12.8. The van der Waals surface area contributed by atoms with E-state index in [0.29, 0.717) is 0 Å². The standard InChI is InChI=1S/C60H40N2OSi/c1-4-18-43(19-5-1)64(44-20-6-2-7-21-44,45-22-8-3-9-23-45)46-37-35-42(36-38-46)61-53-29-13-11-25-49(53)51-28-16-31-55(60(51)61)62-54-30-14-10-24-48(54)50-39-34-41(40-56(50)62)47-27-17-33-58-59(47)52-26-12-15-32-57(52)63-58/h1-40H. The van der Waals surface area contributed by atoms with E-state index in [4.69, 9.17) is 4.42 Å². The van der Waals surface area contributed by atoms with Crippen LogP contribution in [0, 0.1) is 0 Å². The van der Waals surface area contributed by atoms with Crippen molar-refractivity contribution < 1.29 is 4.42 Å². The maximum Gasteiger partial charge on any atom is 0.179 e. The Morgan fingerprint density at radius 2 is 0.828 bits per heavy atom. The van der Waals surface area contributed by atoms with Crippen molar-refractivity contribution in [3.05, 3.63) is 243 Å². The molecular weight excluding hydrogens is 793 g/mol. The van der Waals surface area contributed by atoms with Crippen molar-refractivity contribution >= 4 is 94.4 Å². The second kappa shape index (κ2) is 14.5. The fraction of sp³-hybridized carbons (Fsp3) is 0. The van der Waals surface area contributed by atoms with Crippen LogP contribution in [0.4, 0.5) is 0 Å². The second-order valence-electron chi connectivity index (χ2n) is 16.8. The quantitative estimate of drug-likeness (QED) is 0.116. The molecule has 0 unspecified atom stereocenters. The van der Waals surface area contributed by atoms with Gasteiger partial charge in [-0.3, -0.25) is 0 Å². The van der Waals surface area contributed by atoms with Gasteiger partial charge < -0.3 is 13.6 Å². The third-order valence-electron chi connectivity index (χ3n) is 13.5. The number of aromatic nitrogens is 2. The molecule has 0 saturated carbocycles. The minimum Gasteiger partial charge on any atom is -0.456 e. The summed E-state index contributed by atoms with van der Waals surface area (Å²) in [6.07, 6.45) is 0. The smallest absolute Gasteiger partial charge is 0.179 e. The first-order valence-corrected chi connectivity index (χ1v) is 24.0. The van der Waals surface area contributed by atoms with Gasteiger partial charge in [-0.2, -0.15) is 0 Å². The maximum atomic E-state index is 6.36. The molecule has 3 heterocycles. The largest absolute Gasteiger partial charge is 0.456 e. The average molecular weight is 833 g/mol. The lowest BCUT2D eigenvalue weighted by atomic mass is 9.98. The Balaban J connectivity index is 1.06. The van der Waals surface area contributed by atoms with Crippen molar-refractivity contribution in [2.45, 2.75) is 0 Å². The summed E-state index contributed by atoms with van der Waals surface area (Å²) in [5, 5.41) is 12.6. The van der Waals surface area contributed by atoms with Crippen molar-refractivity contribution in [1.29, 1.82) is 0 Å². The SMILES string of the molecule is c1ccc([Si](c2ccccc2)(c2ccccc2)c2ccc(-n3c4ccccc4c4cccc(-n5c6ccccc6c6ccc(-c7cccc8oc9ccccc9c78)cc65)c43)cc2)cc1. The van der Waals surface area contributed by atoms with Gasteiger partial charge >= 0.3 is 0 Å². The number of furan rings is 1. The maximum absolute atomic E-state index is 6.36. The zero-order chi connectivity index (χ0) is 42.2. The summed E-state index contributed by atoms with van der Waals surface area (Å²) in [4.78, 5) is 0. The average Bonchev–Trinajstić information content (AvgIpc) is 4.03. The lowest BCUT2D eigenvalue weighted by Crippen LogP contribution is -2.74. The topological polar surface area (TPSA) is 23.0 Å². The molecule has 0 fully saturated rings. The Labute approximate surface area is 371 Å². The number of nitrogens with zero attached hydrogens (tertiary/aromatic N) is 2. The van der Waals surface area contributed by atoms with Crippen LogP contribution in [-0.2, 0) is 0 Å². The van der Waals surface area contributed by atoms with Gasteiger partial charge in [-0.1, -0.05) is 194 Å². The Morgan fingerprint density at radius 3 is 1.50 bits per heavy atom. The van der Waals surface area contributed by atoms with Crippen molar-refractivity contribution in [3.63, 3.8) is 0 Å². The Kier molecular flexibility index (Phi) is 8.23. The summed E-state index contributed by atoms with van der Waals surface area (Å²) < 4.78 is 11.3. The zero-order valence-electron chi connectivity index (χ0n) is 34.9. The van der Waals surface area contributed by atoms with E-state index in [1.165, 1.54) is 58.8 Å². The highest BCUT2D eigenvalue weighted by Crippen LogP contribution is 2.42. The van der Waals surface area contributed by atoms with Gasteiger partial charge in [0.1, 0.15) is 11.2 Å². The molecule has 13 rings (SSSR count). The van der Waals surface area contributed by atoms with E-state index >= 15 is 0 Å². The minimum atomic E-state index is -2.71. The van der Waals surface area contributed by atoms with Gasteiger partial charge in [-0.15, -0.1) is 0 Å². The normalized spacial score (nSPS) is 12.1. The molecule has 0 atom stereocenters. The van der Waals surface area contributed by atoms with Crippen molar-refractivity contribution in [2.75, 3.05) is 0 Å². The summed E-state index contributed by atoms with van der Waals surface area (Å²) in [5.41, 5.74) is 11.1. The van der Waals surface area contributed by atoms with Gasteiger partial charge in [-0.25, -0.2) is 0 Å². The van der Waals surface area contributed by atoms with Crippen LogP contribution in [0.25, 0.3) is 88.1 Å². The van der Waals surface area contributed by atoms with E-state index < -0.39 is 8.07 Å². The van der Waals surface area contributed by atoms with Gasteiger partial charge in [0.25, 0.3) is 0 Å². The highest BCUT2D eigenvalue weighted by molar-refractivity contribution is 7.19. The minimum absolute atomic E-state index is 0.899. The van der Waals surface area contributed by atoms with E-state index in [0.717, 1.165) is 50.0 Å². The van der Waals surface area contributed by atoms with Crippen LogP contribution in [0.15, 0.2) is 247 Å². The van der Waals surface area contributed by atoms with Crippen LogP contribution >= 0.6 is 0 Å². The highest BCUT2D eigenvalue weighted by Gasteiger charge is 2.41. The van der Waals surface area contributed by atoms with Gasteiger partial charge in [-0.05, 0) is 80.4 Å². The lowest BCUT2D eigenvalue weighted by molar-refractivity contribution is 0.669. The third-order valence-corrected chi connectivity index (χ3v) is 18.3. The van der Waals surface area contributed by atoms with Crippen LogP contribution in [-0.4, -0.2) is 17.2 Å². The van der Waals surface area contributed by atoms with Crippen molar-refractivity contribution in [1.82, 2.24) is 9.13 Å². The van der Waals surface area contributed by atoms with E-state index in [1.807, 2.05) is 6.07 Å². The number of rotatable bonds is 7. The van der Waals surface area contributed by atoms with Crippen LogP contribution in [0.5, 0.6) is 0 Å². The van der Waals surface area contributed by atoms with E-state index in [9.17, 15) is 0 Å². The molecule has 0 saturated heterocycles. The lowest BCUT2D eigenvalue weighted by Gasteiger charge is -2.34. The summed E-state index contributed by atoms with van der Waals surface area (Å²) >= 11 is 0. The second-order valence-corrected chi connectivity index (χ2v) is 20.6. The molecular formula is C60H40N2OSi. The van der Waals surface area contributed by atoms with Gasteiger partial charge in [0.2, 0.25) is 0 Å². The van der Waals surface area contributed by atoms with Gasteiger partial charge in [0, 0.05) is 38.0 Å². The van der Waals surface area contributed by atoms with Gasteiger partial charge in [0.05, 0.1) is 27.8 Å². The molecule has 3 nitrogen and oxygen atoms in total. The highest BCUT2D eigenvalue weighted by atomic mass is 28.3. The number of benzene rings is 10. The van der Waals surface area contributed by atoms with E-state index in [1.54, 1.807) is 0 Å². The predicted molar refractivity (Wildman–Crippen MR) is 271 cm³/mol. The Bertz CT molecular complexity index is 3790. The molecule has 64 heavy (non-hydrogen) atoms. The summed E-state index contributed by atoms with van der Waals surface area (Å²) in [6.45, 7) is 0. The molecule has 0 aliphatic heterocycles. The summed E-state index contributed by atoms with van der Waals surface area (Å²) in [5.74, 6) is 0. The molecule has 0 spiro atoms. The Morgan fingerprint density at radius 1 is 0.328 bits per heavy atom. The van der Waals surface area contributed by atoms with Crippen molar-refractivity contribution in [3.8, 4) is 22.5 Å². The van der Waals surface area contributed by atoms with Gasteiger partial charge in [0.15, 0.2) is 8.07 Å². The molecule has 13 aromatic rings.